The molecular formula is C17H20F3N3O. The molecule has 130 valence electrons. The molecule has 0 N–H and O–H groups in total. The van der Waals surface area contributed by atoms with E-state index in [1.165, 1.54) is 0 Å². The Hall–Kier alpha value is -2.31. The lowest BCUT2D eigenvalue weighted by Crippen LogP contribution is -2.19. The summed E-state index contributed by atoms with van der Waals surface area (Å²) < 4.78 is 44.8. The number of hydrogen-bond donors (Lipinski definition) is 0. The molecule has 1 aromatic heterocycles. The molecule has 0 radical (unpaired) electrons. The van der Waals surface area contributed by atoms with E-state index in [0.29, 0.717) is 6.42 Å². The number of aromatic nitrogens is 2. The normalized spacial score (nSPS) is 12.8. The number of ether oxygens (including phenoxy) is 1. The first-order chi connectivity index (χ1) is 11.2. The minimum Gasteiger partial charge on any atom is -0.474 e. The first kappa shape index (κ1) is 18.0. The first-order valence-corrected chi connectivity index (χ1v) is 7.63. The van der Waals surface area contributed by atoms with Gasteiger partial charge >= 0.3 is 6.18 Å². The molecule has 0 aliphatic rings. The Morgan fingerprint density at radius 1 is 1.29 bits per heavy atom. The van der Waals surface area contributed by atoms with Crippen molar-refractivity contribution in [1.29, 1.82) is 0 Å². The summed E-state index contributed by atoms with van der Waals surface area (Å²) in [6.07, 6.45) is -3.60. The average molecular weight is 339 g/mol. The van der Waals surface area contributed by atoms with E-state index >= 15 is 0 Å². The lowest BCUT2D eigenvalue weighted by molar-refractivity contribution is -0.139. The Morgan fingerprint density at radius 2 is 2.00 bits per heavy atom. The summed E-state index contributed by atoms with van der Waals surface area (Å²) in [4.78, 5) is 9.49. The van der Waals surface area contributed by atoms with Gasteiger partial charge in [-0.1, -0.05) is 19.1 Å². The van der Waals surface area contributed by atoms with Crippen LogP contribution in [-0.4, -0.2) is 23.1 Å². The van der Waals surface area contributed by atoms with Crippen molar-refractivity contribution in [3.05, 3.63) is 41.6 Å². The topological polar surface area (TPSA) is 38.2 Å². The molecule has 4 nitrogen and oxygen atoms in total. The minimum absolute atomic E-state index is 0.145. The highest BCUT2D eigenvalue weighted by atomic mass is 19.4. The molecule has 7 heteroatoms. The van der Waals surface area contributed by atoms with Gasteiger partial charge in [0.2, 0.25) is 11.8 Å². The molecule has 2 rings (SSSR count). The fourth-order valence-electron chi connectivity index (χ4n) is 2.03. The van der Waals surface area contributed by atoms with Crippen LogP contribution in [0.4, 0.5) is 24.8 Å². The van der Waals surface area contributed by atoms with E-state index in [0.717, 1.165) is 17.4 Å². The van der Waals surface area contributed by atoms with Crippen molar-refractivity contribution in [2.45, 2.75) is 39.5 Å². The predicted octanol–water partition coefficient (Wildman–Crippen LogP) is 4.75. The second kappa shape index (κ2) is 7.07. The quantitative estimate of drug-likeness (QED) is 0.788. The third kappa shape index (κ3) is 4.15. The van der Waals surface area contributed by atoms with Crippen LogP contribution in [-0.2, 0) is 6.18 Å². The second-order valence-electron chi connectivity index (χ2n) is 5.62. The summed E-state index contributed by atoms with van der Waals surface area (Å²) in [5.41, 5.74) is 0.843. The van der Waals surface area contributed by atoms with Gasteiger partial charge < -0.3 is 9.64 Å². The molecule has 1 aromatic carbocycles. The molecule has 1 atom stereocenters. The van der Waals surface area contributed by atoms with Crippen molar-refractivity contribution in [2.24, 2.45) is 0 Å². The molecule has 0 amide bonds. The summed E-state index contributed by atoms with van der Waals surface area (Å²) >= 11 is 0. The summed E-state index contributed by atoms with van der Waals surface area (Å²) in [5.74, 6) is -0.298. The van der Waals surface area contributed by atoms with Gasteiger partial charge in [-0.15, -0.1) is 0 Å². The molecule has 0 aliphatic carbocycles. The molecule has 1 heterocycles. The van der Waals surface area contributed by atoms with Gasteiger partial charge in [-0.25, -0.2) is 4.98 Å². The van der Waals surface area contributed by atoms with Crippen molar-refractivity contribution < 1.29 is 17.9 Å². The lowest BCUT2D eigenvalue weighted by Gasteiger charge is -2.21. The van der Waals surface area contributed by atoms with Crippen LogP contribution in [0.15, 0.2) is 30.5 Å². The standard InChI is InChI=1S/C17H20F3N3O/c1-5-12(3)24-15-14(17(18,19)20)10-21-16(22-15)23(4)13-8-6-7-11(2)9-13/h6-10,12H,5H2,1-4H3. The van der Waals surface area contributed by atoms with Crippen LogP contribution >= 0.6 is 0 Å². The molecule has 0 bridgehead atoms. The van der Waals surface area contributed by atoms with Gasteiger partial charge in [0, 0.05) is 18.9 Å². The fourth-order valence-corrected chi connectivity index (χ4v) is 2.03. The molecule has 0 saturated heterocycles. The van der Waals surface area contributed by atoms with E-state index in [2.05, 4.69) is 9.97 Å². The van der Waals surface area contributed by atoms with Crippen LogP contribution in [0.2, 0.25) is 0 Å². The molecule has 0 spiro atoms. The number of alkyl halides is 3. The molecule has 0 aliphatic heterocycles. The van der Waals surface area contributed by atoms with Gasteiger partial charge in [0.05, 0.1) is 6.10 Å². The number of nitrogens with zero attached hydrogens (tertiary/aromatic N) is 3. The third-order valence-corrected chi connectivity index (χ3v) is 3.62. The SMILES string of the molecule is CCC(C)Oc1nc(N(C)c2cccc(C)c2)ncc1C(F)(F)F. The molecule has 24 heavy (non-hydrogen) atoms. The molecule has 0 fully saturated rings. The van der Waals surface area contributed by atoms with Crippen LogP contribution in [0.1, 0.15) is 31.4 Å². The van der Waals surface area contributed by atoms with Crippen molar-refractivity contribution in [3.63, 3.8) is 0 Å². The largest absolute Gasteiger partial charge is 0.474 e. The van der Waals surface area contributed by atoms with Gasteiger partial charge in [-0.2, -0.15) is 18.2 Å². The zero-order valence-electron chi connectivity index (χ0n) is 14.1. The highest BCUT2D eigenvalue weighted by molar-refractivity contribution is 5.57. The van der Waals surface area contributed by atoms with Gasteiger partial charge in [0.25, 0.3) is 0 Å². The van der Waals surface area contributed by atoms with Crippen LogP contribution in [0.3, 0.4) is 0 Å². The molecule has 2 aromatic rings. The van der Waals surface area contributed by atoms with Crippen LogP contribution in [0, 0.1) is 6.92 Å². The number of benzene rings is 1. The molecular weight excluding hydrogens is 319 g/mol. The van der Waals surface area contributed by atoms with Gasteiger partial charge in [0.1, 0.15) is 5.56 Å². The van der Waals surface area contributed by atoms with E-state index < -0.39 is 17.6 Å². The van der Waals surface area contributed by atoms with Gasteiger partial charge in [-0.3, -0.25) is 0 Å². The Morgan fingerprint density at radius 3 is 2.58 bits per heavy atom. The first-order valence-electron chi connectivity index (χ1n) is 7.63. The molecule has 1 unspecified atom stereocenters. The predicted molar refractivity (Wildman–Crippen MR) is 86.7 cm³/mol. The van der Waals surface area contributed by atoms with E-state index in [-0.39, 0.29) is 12.1 Å². The van der Waals surface area contributed by atoms with Crippen molar-refractivity contribution in [2.75, 3.05) is 11.9 Å². The van der Waals surface area contributed by atoms with Crippen LogP contribution in [0.25, 0.3) is 0 Å². The monoisotopic (exact) mass is 339 g/mol. The smallest absolute Gasteiger partial charge is 0.423 e. The lowest BCUT2D eigenvalue weighted by atomic mass is 10.2. The Balaban J connectivity index is 2.43. The number of rotatable bonds is 5. The highest BCUT2D eigenvalue weighted by Gasteiger charge is 2.37. The van der Waals surface area contributed by atoms with Crippen LogP contribution in [0.5, 0.6) is 5.88 Å². The Kier molecular flexibility index (Phi) is 5.31. The van der Waals surface area contributed by atoms with E-state index in [1.807, 2.05) is 38.1 Å². The van der Waals surface area contributed by atoms with E-state index in [4.69, 9.17) is 4.74 Å². The summed E-state index contributed by atoms with van der Waals surface area (Å²) in [5, 5.41) is 0. The summed E-state index contributed by atoms with van der Waals surface area (Å²) in [7, 11) is 1.70. The average Bonchev–Trinajstić information content (AvgIpc) is 2.52. The number of aryl methyl sites for hydroxylation is 1. The fraction of sp³-hybridized carbons (Fsp3) is 0.412. The number of hydrogen-bond acceptors (Lipinski definition) is 4. The number of halogens is 3. The van der Waals surface area contributed by atoms with Crippen molar-refractivity contribution in [3.8, 4) is 5.88 Å². The van der Waals surface area contributed by atoms with E-state index in [9.17, 15) is 13.2 Å². The van der Waals surface area contributed by atoms with Gasteiger partial charge in [-0.05, 0) is 38.0 Å². The van der Waals surface area contributed by atoms with Crippen LogP contribution < -0.4 is 9.64 Å². The second-order valence-corrected chi connectivity index (χ2v) is 5.62. The zero-order chi connectivity index (χ0) is 17.9. The maximum atomic E-state index is 13.1. The summed E-state index contributed by atoms with van der Waals surface area (Å²) in [6.45, 7) is 5.47. The number of anilines is 2. The van der Waals surface area contributed by atoms with E-state index in [1.54, 1.807) is 18.9 Å². The van der Waals surface area contributed by atoms with Crippen molar-refractivity contribution in [1.82, 2.24) is 9.97 Å². The maximum absolute atomic E-state index is 13.1. The summed E-state index contributed by atoms with van der Waals surface area (Å²) in [6, 6.07) is 7.53. The van der Waals surface area contributed by atoms with Crippen molar-refractivity contribution >= 4 is 11.6 Å². The minimum atomic E-state index is -4.57. The molecule has 0 saturated carbocycles. The third-order valence-electron chi connectivity index (χ3n) is 3.62. The maximum Gasteiger partial charge on any atom is 0.423 e. The highest BCUT2D eigenvalue weighted by Crippen LogP contribution is 2.36. The Bertz CT molecular complexity index is 704. The Labute approximate surface area is 139 Å². The van der Waals surface area contributed by atoms with Gasteiger partial charge in [0.15, 0.2) is 0 Å². The zero-order valence-corrected chi connectivity index (χ0v) is 14.1.